The minimum atomic E-state index is -0.376. The van der Waals surface area contributed by atoms with Gasteiger partial charge >= 0.3 is 11.9 Å². The van der Waals surface area contributed by atoms with Crippen LogP contribution in [0.1, 0.15) is 13.8 Å². The molecule has 5 rings (SSSR count). The Balaban J connectivity index is 1.35. The number of ether oxygens (including phenoxy) is 2. The van der Waals surface area contributed by atoms with Gasteiger partial charge in [0, 0.05) is 36.1 Å². The van der Waals surface area contributed by atoms with E-state index in [0.717, 1.165) is 22.3 Å². The first kappa shape index (κ1) is 22.7. The van der Waals surface area contributed by atoms with E-state index in [1.807, 2.05) is 24.3 Å². The lowest BCUT2D eigenvalue weighted by Crippen LogP contribution is -2.00. The number of hydrogen-bond donors (Lipinski definition) is 2. The molecule has 0 radical (unpaired) electrons. The van der Waals surface area contributed by atoms with Crippen LogP contribution in [-0.4, -0.2) is 42.3 Å². The highest BCUT2D eigenvalue weighted by Gasteiger charge is 2.12. The fourth-order valence-corrected chi connectivity index (χ4v) is 3.53. The summed E-state index contributed by atoms with van der Waals surface area (Å²) in [5.41, 5.74) is 3.21. The molecule has 0 amide bonds. The predicted octanol–water partition coefficient (Wildman–Crippen LogP) is 4.44. The first-order valence-corrected chi connectivity index (χ1v) is 11.0. The molecule has 10 nitrogen and oxygen atoms in total. The summed E-state index contributed by atoms with van der Waals surface area (Å²) in [4.78, 5) is 31.4. The molecule has 5 aromatic rings. The standard InChI is InChI=1S/C26H20N6O4/c1-15(33)35-21-10-6-17(7-11-21)23-27-25(31-29-23)19-4-3-5-20(14-19)26-28-24(30-32-26)18-8-12-22(13-9-18)36-16(2)34/h3-14H,1-2H3,(H,27,29,31)(H,28,30,32). The average molecular weight is 480 g/mol. The lowest BCUT2D eigenvalue weighted by atomic mass is 10.1. The maximum absolute atomic E-state index is 11.1. The molecular weight excluding hydrogens is 460 g/mol. The molecule has 0 atom stereocenters. The molecule has 0 aliphatic carbocycles. The molecule has 0 bridgehead atoms. The molecular formula is C26H20N6O4. The van der Waals surface area contributed by atoms with Crippen LogP contribution in [0.5, 0.6) is 11.5 Å². The second-order valence-corrected chi connectivity index (χ2v) is 7.83. The third kappa shape index (κ3) is 5.02. The largest absolute Gasteiger partial charge is 0.427 e. The van der Waals surface area contributed by atoms with Crippen molar-refractivity contribution in [3.05, 3.63) is 72.8 Å². The number of carbonyl (C=O) groups is 2. The number of nitrogens with one attached hydrogen (secondary N) is 2. The monoisotopic (exact) mass is 480 g/mol. The van der Waals surface area contributed by atoms with Crippen molar-refractivity contribution in [2.75, 3.05) is 0 Å². The van der Waals surface area contributed by atoms with Crippen LogP contribution < -0.4 is 9.47 Å². The molecule has 0 fully saturated rings. The van der Waals surface area contributed by atoms with E-state index in [-0.39, 0.29) is 11.9 Å². The fourth-order valence-electron chi connectivity index (χ4n) is 3.53. The smallest absolute Gasteiger partial charge is 0.308 e. The fraction of sp³-hybridized carbons (Fsp3) is 0.0769. The highest BCUT2D eigenvalue weighted by molar-refractivity contribution is 5.71. The Hall–Kier alpha value is -5.12. The molecule has 2 heterocycles. The predicted molar refractivity (Wildman–Crippen MR) is 131 cm³/mol. The van der Waals surface area contributed by atoms with Crippen molar-refractivity contribution in [3.63, 3.8) is 0 Å². The number of benzene rings is 3. The summed E-state index contributed by atoms with van der Waals surface area (Å²) >= 11 is 0. The topological polar surface area (TPSA) is 136 Å². The number of aromatic amines is 2. The van der Waals surface area contributed by atoms with Gasteiger partial charge in [-0.2, -0.15) is 10.2 Å². The number of rotatable bonds is 6. The third-order valence-electron chi connectivity index (χ3n) is 5.13. The van der Waals surface area contributed by atoms with Crippen LogP contribution in [0.25, 0.3) is 45.6 Å². The van der Waals surface area contributed by atoms with Crippen molar-refractivity contribution >= 4 is 11.9 Å². The van der Waals surface area contributed by atoms with Gasteiger partial charge in [-0.25, -0.2) is 9.97 Å². The highest BCUT2D eigenvalue weighted by atomic mass is 16.5. The van der Waals surface area contributed by atoms with Crippen LogP contribution in [0.2, 0.25) is 0 Å². The Morgan fingerprint density at radius 1 is 0.611 bits per heavy atom. The van der Waals surface area contributed by atoms with Gasteiger partial charge in [0.2, 0.25) is 0 Å². The summed E-state index contributed by atoms with van der Waals surface area (Å²) < 4.78 is 10.1. The van der Waals surface area contributed by atoms with Crippen molar-refractivity contribution in [1.29, 1.82) is 0 Å². The maximum Gasteiger partial charge on any atom is 0.308 e. The van der Waals surface area contributed by atoms with E-state index in [9.17, 15) is 9.59 Å². The van der Waals surface area contributed by atoms with Crippen LogP contribution >= 0.6 is 0 Å². The van der Waals surface area contributed by atoms with E-state index >= 15 is 0 Å². The first-order valence-electron chi connectivity index (χ1n) is 11.0. The highest BCUT2D eigenvalue weighted by Crippen LogP contribution is 2.27. The molecule has 0 aliphatic rings. The van der Waals surface area contributed by atoms with Gasteiger partial charge in [0.05, 0.1) is 0 Å². The van der Waals surface area contributed by atoms with Crippen LogP contribution in [0.15, 0.2) is 72.8 Å². The molecule has 0 saturated heterocycles. The van der Waals surface area contributed by atoms with Gasteiger partial charge in [-0.3, -0.25) is 19.8 Å². The summed E-state index contributed by atoms with van der Waals surface area (Å²) in [6.45, 7) is 2.71. The van der Waals surface area contributed by atoms with Gasteiger partial charge in [0.25, 0.3) is 0 Å². The van der Waals surface area contributed by atoms with E-state index < -0.39 is 0 Å². The summed E-state index contributed by atoms with van der Waals surface area (Å²) in [6, 6.07) is 21.6. The second-order valence-electron chi connectivity index (χ2n) is 7.83. The SMILES string of the molecule is CC(=O)Oc1ccc(-c2n[nH]c(-c3cccc(-c4nc(-c5ccc(OC(C)=O)cc5)n[nH]4)c3)n2)cc1. The quantitative estimate of drug-likeness (QED) is 0.269. The number of carbonyl (C=O) groups excluding carboxylic acids is 2. The van der Waals surface area contributed by atoms with Crippen molar-refractivity contribution in [3.8, 4) is 57.1 Å². The maximum atomic E-state index is 11.1. The van der Waals surface area contributed by atoms with Crippen LogP contribution in [0.4, 0.5) is 0 Å². The lowest BCUT2D eigenvalue weighted by Gasteiger charge is -2.02. The van der Waals surface area contributed by atoms with Gasteiger partial charge in [-0.1, -0.05) is 18.2 Å². The first-order chi connectivity index (χ1) is 17.4. The molecule has 0 aliphatic heterocycles. The van der Waals surface area contributed by atoms with Crippen molar-refractivity contribution in [2.45, 2.75) is 13.8 Å². The van der Waals surface area contributed by atoms with Gasteiger partial charge < -0.3 is 9.47 Å². The van der Waals surface area contributed by atoms with Gasteiger partial charge in [0.1, 0.15) is 11.5 Å². The Labute approximate surface area is 205 Å². The third-order valence-corrected chi connectivity index (χ3v) is 5.13. The van der Waals surface area contributed by atoms with Gasteiger partial charge in [-0.15, -0.1) is 0 Å². The summed E-state index contributed by atoms with van der Waals surface area (Å²) in [7, 11) is 0. The summed E-state index contributed by atoms with van der Waals surface area (Å²) in [5, 5.41) is 14.6. The Kier molecular flexibility index (Phi) is 6.06. The lowest BCUT2D eigenvalue weighted by molar-refractivity contribution is -0.132. The zero-order chi connectivity index (χ0) is 25.1. The molecule has 0 spiro atoms. The molecule has 3 aromatic carbocycles. The van der Waals surface area contributed by atoms with E-state index in [4.69, 9.17) is 9.47 Å². The number of nitrogens with zero attached hydrogens (tertiary/aromatic N) is 4. The van der Waals surface area contributed by atoms with Crippen LogP contribution in [0, 0.1) is 0 Å². The Morgan fingerprint density at radius 2 is 1.03 bits per heavy atom. The molecule has 36 heavy (non-hydrogen) atoms. The van der Waals surface area contributed by atoms with E-state index in [2.05, 4.69) is 30.4 Å². The van der Waals surface area contributed by atoms with E-state index in [0.29, 0.717) is 34.8 Å². The normalized spacial score (nSPS) is 10.7. The van der Waals surface area contributed by atoms with Gasteiger partial charge in [-0.05, 0) is 54.6 Å². The number of esters is 2. The number of aromatic nitrogens is 6. The molecule has 2 aromatic heterocycles. The van der Waals surface area contributed by atoms with Crippen molar-refractivity contribution in [1.82, 2.24) is 30.4 Å². The Morgan fingerprint density at radius 3 is 1.42 bits per heavy atom. The molecule has 10 heteroatoms. The van der Waals surface area contributed by atoms with Crippen LogP contribution in [0.3, 0.4) is 0 Å². The minimum Gasteiger partial charge on any atom is -0.427 e. The van der Waals surface area contributed by atoms with E-state index in [1.54, 1.807) is 48.5 Å². The number of hydrogen-bond acceptors (Lipinski definition) is 8. The zero-order valence-corrected chi connectivity index (χ0v) is 19.4. The molecule has 2 N–H and O–H groups in total. The molecule has 0 unspecified atom stereocenters. The summed E-state index contributed by atoms with van der Waals surface area (Å²) in [6.07, 6.45) is 0. The number of H-pyrrole nitrogens is 2. The second kappa shape index (κ2) is 9.63. The van der Waals surface area contributed by atoms with Crippen LogP contribution in [-0.2, 0) is 9.59 Å². The molecule has 178 valence electrons. The summed E-state index contributed by atoms with van der Waals surface area (Å²) in [5.74, 6) is 2.39. The van der Waals surface area contributed by atoms with Crippen molar-refractivity contribution < 1.29 is 19.1 Å². The zero-order valence-electron chi connectivity index (χ0n) is 19.4. The van der Waals surface area contributed by atoms with Gasteiger partial charge in [0.15, 0.2) is 23.3 Å². The Bertz CT molecular complexity index is 1420. The van der Waals surface area contributed by atoms with E-state index in [1.165, 1.54) is 13.8 Å². The van der Waals surface area contributed by atoms with Crippen molar-refractivity contribution in [2.24, 2.45) is 0 Å². The molecule has 0 saturated carbocycles. The minimum absolute atomic E-state index is 0.376. The average Bonchev–Trinajstić information content (AvgIpc) is 3.55.